The molecule has 1 aromatic heterocycles. The lowest BCUT2D eigenvalue weighted by Gasteiger charge is -2.25. The Kier molecular flexibility index (Phi) is 3.57. The largest absolute Gasteiger partial charge is 0.347 e. The van der Waals surface area contributed by atoms with E-state index in [1.165, 1.54) is 11.8 Å². The fraction of sp³-hybridized carbons (Fsp3) is 0.312. The first-order valence-electron chi connectivity index (χ1n) is 7.56. The van der Waals surface area contributed by atoms with Crippen molar-refractivity contribution in [3.8, 4) is 0 Å². The average molecular weight is 328 g/mol. The van der Waals surface area contributed by atoms with Crippen molar-refractivity contribution >= 4 is 29.3 Å². The van der Waals surface area contributed by atoms with Gasteiger partial charge in [0.15, 0.2) is 0 Å². The third-order valence-corrected chi connectivity index (χ3v) is 5.22. The zero-order valence-corrected chi connectivity index (χ0v) is 13.2. The maximum Gasteiger partial charge on any atom is 0.251 e. The number of nitrogens with one attached hydrogen (secondary N) is 2. The van der Waals surface area contributed by atoms with Gasteiger partial charge in [0.25, 0.3) is 5.91 Å². The minimum atomic E-state index is -0.105. The van der Waals surface area contributed by atoms with E-state index in [9.17, 15) is 9.59 Å². The number of aromatic nitrogens is 2. The average Bonchev–Trinajstić information content (AvgIpc) is 3.01. The van der Waals surface area contributed by atoms with E-state index in [2.05, 4.69) is 20.2 Å². The van der Waals surface area contributed by atoms with Gasteiger partial charge in [0.1, 0.15) is 5.82 Å². The van der Waals surface area contributed by atoms with Crippen LogP contribution in [-0.2, 0) is 17.8 Å². The number of hydrogen-bond donors (Lipinski definition) is 2. The lowest BCUT2D eigenvalue weighted by atomic mass is 10.1. The molecule has 0 spiro atoms. The smallest absolute Gasteiger partial charge is 0.251 e. The summed E-state index contributed by atoms with van der Waals surface area (Å²) in [6.45, 7) is 0.749. The Bertz CT molecular complexity index is 786. The molecule has 1 atom stereocenters. The van der Waals surface area contributed by atoms with E-state index in [0.717, 1.165) is 35.8 Å². The zero-order valence-electron chi connectivity index (χ0n) is 12.4. The first-order chi connectivity index (χ1) is 11.2. The van der Waals surface area contributed by atoms with Crippen LogP contribution in [0, 0.1) is 0 Å². The molecule has 2 amide bonds. The van der Waals surface area contributed by atoms with E-state index in [0.29, 0.717) is 11.3 Å². The number of imidazole rings is 1. The number of fused-ring (bicyclic) bond motifs is 2. The second-order valence-electron chi connectivity index (χ2n) is 5.75. The van der Waals surface area contributed by atoms with Crippen LogP contribution in [0.25, 0.3) is 0 Å². The van der Waals surface area contributed by atoms with Crippen LogP contribution in [0.2, 0.25) is 0 Å². The van der Waals surface area contributed by atoms with Crippen molar-refractivity contribution < 1.29 is 9.59 Å². The topological polar surface area (TPSA) is 76.0 Å². The molecule has 0 saturated carbocycles. The molecule has 7 heteroatoms. The number of nitrogens with zero attached hydrogens (tertiary/aromatic N) is 2. The standard InChI is InChI=1S/C16H16N4O2S/c21-15-9-23-13-3-1-10(7-12(13)19-15)16(22)18-11-2-4-14-17-5-6-20(14)8-11/h1,3,5-7,11H,2,4,8-9H2,(H,18,22)(H,19,21). The molecule has 6 nitrogen and oxygen atoms in total. The van der Waals surface area contributed by atoms with Gasteiger partial charge >= 0.3 is 0 Å². The second kappa shape index (κ2) is 5.73. The molecule has 0 saturated heterocycles. The molecule has 0 bridgehead atoms. The summed E-state index contributed by atoms with van der Waals surface area (Å²) in [7, 11) is 0. The van der Waals surface area contributed by atoms with Gasteiger partial charge in [-0.2, -0.15) is 0 Å². The van der Waals surface area contributed by atoms with Crippen LogP contribution in [0.4, 0.5) is 5.69 Å². The van der Waals surface area contributed by atoms with Gasteiger partial charge in [-0.15, -0.1) is 11.8 Å². The zero-order chi connectivity index (χ0) is 15.8. The van der Waals surface area contributed by atoms with Crippen LogP contribution in [0.5, 0.6) is 0 Å². The van der Waals surface area contributed by atoms with E-state index in [1.54, 1.807) is 12.3 Å². The lowest BCUT2D eigenvalue weighted by Crippen LogP contribution is -2.40. The molecule has 2 aliphatic rings. The fourth-order valence-electron chi connectivity index (χ4n) is 2.98. The number of amides is 2. The summed E-state index contributed by atoms with van der Waals surface area (Å²) in [5.41, 5.74) is 1.29. The molecule has 0 fully saturated rings. The number of aryl methyl sites for hydroxylation is 1. The van der Waals surface area contributed by atoms with Crippen molar-refractivity contribution in [3.63, 3.8) is 0 Å². The first kappa shape index (κ1) is 14.3. The minimum absolute atomic E-state index is 0.0278. The van der Waals surface area contributed by atoms with Crippen LogP contribution < -0.4 is 10.6 Å². The maximum atomic E-state index is 12.5. The van der Waals surface area contributed by atoms with Gasteiger partial charge in [0.05, 0.1) is 11.4 Å². The van der Waals surface area contributed by atoms with Gasteiger partial charge < -0.3 is 15.2 Å². The van der Waals surface area contributed by atoms with Gasteiger partial charge in [-0.3, -0.25) is 9.59 Å². The SMILES string of the molecule is O=C1CSc2ccc(C(=O)NC3CCc4nccn4C3)cc2N1. The molecule has 2 aromatic rings. The van der Waals surface area contributed by atoms with Crippen molar-refractivity contribution in [1.82, 2.24) is 14.9 Å². The molecule has 118 valence electrons. The Labute approximate surface area is 137 Å². The molecule has 3 heterocycles. The summed E-state index contributed by atoms with van der Waals surface area (Å²) in [5.74, 6) is 1.36. The molecule has 1 unspecified atom stereocenters. The minimum Gasteiger partial charge on any atom is -0.347 e. The highest BCUT2D eigenvalue weighted by Crippen LogP contribution is 2.32. The van der Waals surface area contributed by atoms with E-state index in [4.69, 9.17) is 0 Å². The van der Waals surface area contributed by atoms with E-state index in [1.807, 2.05) is 18.3 Å². The van der Waals surface area contributed by atoms with E-state index in [-0.39, 0.29) is 17.9 Å². The summed E-state index contributed by atoms with van der Waals surface area (Å²) in [6, 6.07) is 5.55. The summed E-state index contributed by atoms with van der Waals surface area (Å²) < 4.78 is 2.08. The van der Waals surface area contributed by atoms with Crippen LogP contribution in [-0.4, -0.2) is 33.2 Å². The molecule has 0 radical (unpaired) electrons. The van der Waals surface area contributed by atoms with Crippen molar-refractivity contribution in [2.24, 2.45) is 0 Å². The highest BCUT2D eigenvalue weighted by molar-refractivity contribution is 8.00. The van der Waals surface area contributed by atoms with Crippen molar-refractivity contribution in [2.45, 2.75) is 30.3 Å². The van der Waals surface area contributed by atoms with Gasteiger partial charge in [-0.1, -0.05) is 0 Å². The summed E-state index contributed by atoms with van der Waals surface area (Å²) in [6.07, 6.45) is 5.50. The van der Waals surface area contributed by atoms with Crippen molar-refractivity contribution in [2.75, 3.05) is 11.1 Å². The van der Waals surface area contributed by atoms with Crippen LogP contribution in [0.15, 0.2) is 35.5 Å². The van der Waals surface area contributed by atoms with E-state index >= 15 is 0 Å². The number of rotatable bonds is 2. The number of hydrogen-bond acceptors (Lipinski definition) is 4. The third kappa shape index (κ3) is 2.84. The first-order valence-corrected chi connectivity index (χ1v) is 8.55. The van der Waals surface area contributed by atoms with E-state index < -0.39 is 0 Å². The molecule has 2 N–H and O–H groups in total. The summed E-state index contributed by atoms with van der Waals surface area (Å²) >= 11 is 1.49. The Hall–Kier alpha value is -2.28. The number of thioether (sulfide) groups is 1. The molecular formula is C16H16N4O2S. The number of benzene rings is 1. The Morgan fingerprint density at radius 2 is 2.35 bits per heavy atom. The van der Waals surface area contributed by atoms with Gasteiger partial charge in [0, 0.05) is 41.9 Å². The molecule has 4 rings (SSSR count). The monoisotopic (exact) mass is 328 g/mol. The maximum absolute atomic E-state index is 12.5. The second-order valence-corrected chi connectivity index (χ2v) is 6.77. The Balaban J connectivity index is 1.47. The van der Waals surface area contributed by atoms with Crippen LogP contribution in [0.1, 0.15) is 22.6 Å². The molecule has 2 aliphatic heterocycles. The Morgan fingerprint density at radius 1 is 1.43 bits per heavy atom. The van der Waals surface area contributed by atoms with Gasteiger partial charge in [-0.05, 0) is 24.6 Å². The third-order valence-electron chi connectivity index (χ3n) is 4.15. The normalized spacial score (nSPS) is 19.5. The molecule has 23 heavy (non-hydrogen) atoms. The quantitative estimate of drug-likeness (QED) is 0.879. The van der Waals surface area contributed by atoms with Crippen LogP contribution in [0.3, 0.4) is 0 Å². The molecular weight excluding hydrogens is 312 g/mol. The van der Waals surface area contributed by atoms with Gasteiger partial charge in [0.2, 0.25) is 5.91 Å². The summed E-state index contributed by atoms with van der Waals surface area (Å²) in [4.78, 5) is 29.2. The number of carbonyl (C=O) groups excluding carboxylic acids is 2. The highest BCUT2D eigenvalue weighted by atomic mass is 32.2. The predicted molar refractivity (Wildman–Crippen MR) is 87.6 cm³/mol. The van der Waals surface area contributed by atoms with Crippen molar-refractivity contribution in [1.29, 1.82) is 0 Å². The Morgan fingerprint density at radius 3 is 3.26 bits per heavy atom. The number of carbonyl (C=O) groups is 2. The highest BCUT2D eigenvalue weighted by Gasteiger charge is 2.22. The fourth-order valence-corrected chi connectivity index (χ4v) is 3.77. The molecule has 0 aliphatic carbocycles. The van der Waals surface area contributed by atoms with Crippen LogP contribution >= 0.6 is 11.8 Å². The predicted octanol–water partition coefficient (Wildman–Crippen LogP) is 1.67. The lowest BCUT2D eigenvalue weighted by molar-refractivity contribution is -0.113. The van der Waals surface area contributed by atoms with Gasteiger partial charge in [-0.25, -0.2) is 4.98 Å². The summed E-state index contributed by atoms with van der Waals surface area (Å²) in [5, 5.41) is 5.89. The van der Waals surface area contributed by atoms with Crippen molar-refractivity contribution in [3.05, 3.63) is 42.0 Å². The molecule has 1 aromatic carbocycles. The number of anilines is 1.